The van der Waals surface area contributed by atoms with Gasteiger partial charge in [0.2, 0.25) is 0 Å². The van der Waals surface area contributed by atoms with Crippen LogP contribution in [0.25, 0.3) is 0 Å². The molecule has 2 aromatic rings. The van der Waals surface area contributed by atoms with Gasteiger partial charge in [-0.3, -0.25) is 0 Å². The summed E-state index contributed by atoms with van der Waals surface area (Å²) in [6.45, 7) is 9.71. The summed E-state index contributed by atoms with van der Waals surface area (Å²) >= 11 is 3.54. The number of aromatic nitrogens is 1. The van der Waals surface area contributed by atoms with E-state index >= 15 is 0 Å². The van der Waals surface area contributed by atoms with E-state index in [4.69, 9.17) is 4.98 Å². The number of hydrogen-bond acceptors (Lipinski definition) is 4. The maximum Gasteiger partial charge on any atom is 0.115 e. The van der Waals surface area contributed by atoms with Gasteiger partial charge in [-0.15, -0.1) is 22.7 Å². The second-order valence-corrected chi connectivity index (χ2v) is 7.20. The molecule has 0 fully saturated rings. The number of thiazole rings is 1. The zero-order valence-electron chi connectivity index (χ0n) is 11.4. The Kier molecular flexibility index (Phi) is 4.20. The molecule has 2 aromatic heterocycles. The number of hydrogen-bond donors (Lipinski definition) is 1. The number of rotatable bonds is 4. The van der Waals surface area contributed by atoms with Gasteiger partial charge in [0.25, 0.3) is 0 Å². The van der Waals surface area contributed by atoms with Crippen LogP contribution in [0.5, 0.6) is 0 Å². The highest BCUT2D eigenvalue weighted by atomic mass is 32.1. The van der Waals surface area contributed by atoms with E-state index < -0.39 is 0 Å². The number of thiophene rings is 1. The van der Waals surface area contributed by atoms with E-state index in [2.05, 4.69) is 55.9 Å². The minimum Gasteiger partial charge on any atom is -0.304 e. The van der Waals surface area contributed by atoms with E-state index in [0.29, 0.717) is 0 Å². The van der Waals surface area contributed by atoms with Gasteiger partial charge in [-0.2, -0.15) is 0 Å². The lowest BCUT2D eigenvalue weighted by molar-refractivity contribution is 0.563. The lowest BCUT2D eigenvalue weighted by atomic mass is 9.93. The molecule has 0 aliphatic heterocycles. The van der Waals surface area contributed by atoms with E-state index in [1.165, 1.54) is 15.6 Å². The molecule has 1 unspecified atom stereocenters. The SMILES string of the molecule is CCNC(c1cccs1)c1nc(C(C)(C)C)cs1. The van der Waals surface area contributed by atoms with Crippen molar-refractivity contribution >= 4 is 22.7 Å². The first kappa shape index (κ1) is 13.7. The van der Waals surface area contributed by atoms with Crippen LogP contribution in [0.2, 0.25) is 0 Å². The van der Waals surface area contributed by atoms with Crippen molar-refractivity contribution < 1.29 is 0 Å². The molecule has 18 heavy (non-hydrogen) atoms. The molecule has 0 aliphatic carbocycles. The van der Waals surface area contributed by atoms with Gasteiger partial charge in [-0.1, -0.05) is 33.8 Å². The van der Waals surface area contributed by atoms with Crippen molar-refractivity contribution in [1.29, 1.82) is 0 Å². The second kappa shape index (κ2) is 5.51. The van der Waals surface area contributed by atoms with Crippen LogP contribution in [0.3, 0.4) is 0 Å². The molecule has 4 heteroatoms. The summed E-state index contributed by atoms with van der Waals surface area (Å²) in [7, 11) is 0. The van der Waals surface area contributed by atoms with E-state index in [9.17, 15) is 0 Å². The zero-order valence-corrected chi connectivity index (χ0v) is 13.0. The summed E-state index contributed by atoms with van der Waals surface area (Å²) < 4.78 is 0. The Morgan fingerprint density at radius 3 is 2.61 bits per heavy atom. The normalized spacial score (nSPS) is 13.8. The Bertz CT molecular complexity index is 480. The lowest BCUT2D eigenvalue weighted by Crippen LogP contribution is -2.21. The summed E-state index contributed by atoms with van der Waals surface area (Å²) in [5.41, 5.74) is 1.31. The van der Waals surface area contributed by atoms with E-state index in [-0.39, 0.29) is 11.5 Å². The van der Waals surface area contributed by atoms with E-state index in [1.54, 1.807) is 22.7 Å². The molecular weight excluding hydrogens is 260 g/mol. The molecule has 2 heterocycles. The fourth-order valence-corrected chi connectivity index (χ4v) is 3.75. The molecule has 0 saturated carbocycles. The number of nitrogens with one attached hydrogen (secondary N) is 1. The van der Waals surface area contributed by atoms with Gasteiger partial charge >= 0.3 is 0 Å². The van der Waals surface area contributed by atoms with Crippen LogP contribution in [0.15, 0.2) is 22.9 Å². The van der Waals surface area contributed by atoms with Crippen LogP contribution in [-0.4, -0.2) is 11.5 Å². The largest absolute Gasteiger partial charge is 0.304 e. The smallest absolute Gasteiger partial charge is 0.115 e. The highest BCUT2D eigenvalue weighted by molar-refractivity contribution is 7.11. The molecule has 0 amide bonds. The van der Waals surface area contributed by atoms with Crippen LogP contribution in [-0.2, 0) is 5.41 Å². The first-order chi connectivity index (χ1) is 8.52. The van der Waals surface area contributed by atoms with Crippen molar-refractivity contribution in [2.24, 2.45) is 0 Å². The second-order valence-electron chi connectivity index (χ2n) is 5.33. The predicted octanol–water partition coefficient (Wildman–Crippen LogP) is 4.20. The molecule has 0 bridgehead atoms. The highest BCUT2D eigenvalue weighted by Crippen LogP contribution is 2.31. The Balaban J connectivity index is 2.29. The van der Waals surface area contributed by atoms with Crippen molar-refractivity contribution in [3.63, 3.8) is 0 Å². The molecule has 0 radical (unpaired) electrons. The minimum atomic E-state index is 0.126. The van der Waals surface area contributed by atoms with Crippen LogP contribution in [0.1, 0.15) is 49.3 Å². The number of nitrogens with zero attached hydrogens (tertiary/aromatic N) is 1. The van der Waals surface area contributed by atoms with Gasteiger partial charge in [0.05, 0.1) is 11.7 Å². The van der Waals surface area contributed by atoms with Gasteiger partial charge in [-0.25, -0.2) is 4.98 Å². The summed E-state index contributed by atoms with van der Waals surface area (Å²) in [6.07, 6.45) is 0. The molecule has 1 atom stereocenters. The van der Waals surface area contributed by atoms with E-state index in [1.807, 2.05) is 0 Å². The fourth-order valence-electron chi connectivity index (χ4n) is 1.73. The van der Waals surface area contributed by atoms with Gasteiger partial charge in [0.15, 0.2) is 0 Å². The van der Waals surface area contributed by atoms with Gasteiger partial charge in [-0.05, 0) is 18.0 Å². The fraction of sp³-hybridized carbons (Fsp3) is 0.500. The maximum atomic E-state index is 4.82. The van der Waals surface area contributed by atoms with Crippen LogP contribution in [0.4, 0.5) is 0 Å². The van der Waals surface area contributed by atoms with Gasteiger partial charge in [0, 0.05) is 15.7 Å². The van der Waals surface area contributed by atoms with Crippen molar-refractivity contribution in [3.8, 4) is 0 Å². The van der Waals surface area contributed by atoms with Crippen molar-refractivity contribution in [2.45, 2.75) is 39.2 Å². The Morgan fingerprint density at radius 2 is 2.11 bits per heavy atom. The highest BCUT2D eigenvalue weighted by Gasteiger charge is 2.22. The average Bonchev–Trinajstić information content (AvgIpc) is 2.96. The quantitative estimate of drug-likeness (QED) is 0.908. The molecule has 0 aromatic carbocycles. The Morgan fingerprint density at radius 1 is 1.33 bits per heavy atom. The van der Waals surface area contributed by atoms with Crippen molar-refractivity contribution in [2.75, 3.05) is 6.54 Å². The third-order valence-electron chi connectivity index (χ3n) is 2.77. The first-order valence-electron chi connectivity index (χ1n) is 6.25. The van der Waals surface area contributed by atoms with E-state index in [0.717, 1.165) is 6.54 Å². The molecule has 0 saturated heterocycles. The lowest BCUT2D eigenvalue weighted by Gasteiger charge is -2.16. The maximum absolute atomic E-state index is 4.82. The van der Waals surface area contributed by atoms with Crippen molar-refractivity contribution in [1.82, 2.24) is 10.3 Å². The van der Waals surface area contributed by atoms with Crippen LogP contribution in [0, 0.1) is 0 Å². The van der Waals surface area contributed by atoms with Crippen LogP contribution < -0.4 is 5.32 Å². The Labute approximate surface area is 117 Å². The monoisotopic (exact) mass is 280 g/mol. The summed E-state index contributed by atoms with van der Waals surface area (Å²) in [4.78, 5) is 6.16. The molecule has 2 rings (SSSR count). The predicted molar refractivity (Wildman–Crippen MR) is 80.7 cm³/mol. The molecule has 0 spiro atoms. The van der Waals surface area contributed by atoms with Crippen molar-refractivity contribution in [3.05, 3.63) is 38.5 Å². The van der Waals surface area contributed by atoms with Crippen LogP contribution >= 0.6 is 22.7 Å². The molecule has 0 aliphatic rings. The topological polar surface area (TPSA) is 24.9 Å². The van der Waals surface area contributed by atoms with Gasteiger partial charge < -0.3 is 5.32 Å². The molecule has 2 nitrogen and oxygen atoms in total. The molecule has 1 N–H and O–H groups in total. The third-order valence-corrected chi connectivity index (χ3v) is 4.62. The minimum absolute atomic E-state index is 0.126. The Hall–Kier alpha value is -0.710. The zero-order chi connectivity index (χ0) is 13.2. The van der Waals surface area contributed by atoms with Gasteiger partial charge in [0.1, 0.15) is 5.01 Å². The summed E-state index contributed by atoms with van der Waals surface area (Å²) in [5.74, 6) is 0. The molecular formula is C14H20N2S2. The average molecular weight is 280 g/mol. The summed E-state index contributed by atoms with van der Waals surface area (Å²) in [6, 6.07) is 4.52. The molecule has 98 valence electrons. The standard InChI is InChI=1S/C14H20N2S2/c1-5-15-12(10-7-6-8-17-10)13-16-11(9-18-13)14(2,3)4/h6-9,12,15H,5H2,1-4H3. The summed E-state index contributed by atoms with van der Waals surface area (Å²) in [5, 5.41) is 9.01. The first-order valence-corrected chi connectivity index (χ1v) is 8.01. The third kappa shape index (κ3) is 2.99.